The van der Waals surface area contributed by atoms with E-state index >= 15 is 0 Å². The van der Waals surface area contributed by atoms with Gasteiger partial charge in [-0.05, 0) is 36.6 Å². The maximum Gasteiger partial charge on any atom is 0.326 e. The van der Waals surface area contributed by atoms with Gasteiger partial charge < -0.3 is 25.5 Å². The third-order valence-corrected chi connectivity index (χ3v) is 5.59. The van der Waals surface area contributed by atoms with Crippen molar-refractivity contribution in [3.63, 3.8) is 0 Å². The number of fused-ring (bicyclic) bond motifs is 2. The van der Waals surface area contributed by atoms with E-state index in [4.69, 9.17) is 0 Å². The number of rotatable bonds is 9. The predicted octanol–water partition coefficient (Wildman–Crippen LogP) is 2.70. The van der Waals surface area contributed by atoms with Crippen molar-refractivity contribution in [2.45, 2.75) is 25.3 Å². The molecule has 0 aliphatic heterocycles. The maximum atomic E-state index is 12.5. The second kappa shape index (κ2) is 10.0. The Labute approximate surface area is 194 Å². The van der Waals surface area contributed by atoms with Crippen molar-refractivity contribution in [3.05, 3.63) is 82.2 Å². The van der Waals surface area contributed by atoms with E-state index < -0.39 is 17.6 Å². The molecule has 172 valence electrons. The van der Waals surface area contributed by atoms with Crippen LogP contribution >= 0.6 is 0 Å². The zero-order valence-electron chi connectivity index (χ0n) is 18.2. The molecule has 0 saturated heterocycles. The number of nitriles is 1. The summed E-state index contributed by atoms with van der Waals surface area (Å²) in [5.74, 6) is -1.05. The molecule has 0 saturated carbocycles. The molecule has 0 aliphatic carbocycles. The number of aliphatic hydroxyl groups is 1. The lowest BCUT2D eigenvalue weighted by atomic mass is 10.0. The smallest absolute Gasteiger partial charge is 0.326 e. The topological polar surface area (TPSA) is 155 Å². The van der Waals surface area contributed by atoms with Crippen LogP contribution in [-0.2, 0) is 11.2 Å². The number of carbonyl (C=O) groups is 1. The van der Waals surface area contributed by atoms with Crippen LogP contribution in [0.25, 0.3) is 27.4 Å². The quantitative estimate of drug-likeness (QED) is 0.242. The van der Waals surface area contributed by atoms with Gasteiger partial charge in [-0.25, -0.2) is 9.78 Å². The lowest BCUT2D eigenvalue weighted by Gasteiger charge is -2.19. The zero-order valence-corrected chi connectivity index (χ0v) is 18.2. The Kier molecular flexibility index (Phi) is 6.71. The number of hydrogen-bond donors (Lipinski definition) is 5. The Bertz CT molecular complexity index is 1480. The normalized spacial score (nSPS) is 12.8. The van der Waals surface area contributed by atoms with Gasteiger partial charge in [-0.2, -0.15) is 5.26 Å². The van der Waals surface area contributed by atoms with Crippen LogP contribution in [0.5, 0.6) is 0 Å². The van der Waals surface area contributed by atoms with Crippen LogP contribution in [0.4, 0.5) is 0 Å². The largest absolute Gasteiger partial charge is 0.480 e. The van der Waals surface area contributed by atoms with Crippen molar-refractivity contribution >= 4 is 33.3 Å². The number of carboxylic acids is 1. The molecule has 0 spiro atoms. The Balaban J connectivity index is 1.74. The van der Waals surface area contributed by atoms with E-state index in [1.54, 1.807) is 30.5 Å². The van der Waals surface area contributed by atoms with Gasteiger partial charge in [-0.3, -0.25) is 4.79 Å². The van der Waals surface area contributed by atoms with Crippen LogP contribution in [0.2, 0.25) is 0 Å². The fraction of sp³-hybridized carbons (Fsp3) is 0.200. The third kappa shape index (κ3) is 4.67. The number of aromatic amines is 2. The molecule has 2 aromatic carbocycles. The summed E-state index contributed by atoms with van der Waals surface area (Å²) in [5, 5.41) is 33.5. The molecule has 1 atom stereocenters. The SMILES string of the molecule is N#C/C(=C(\CCCO)NC(Cc1c[nH]c2ccccc12)C(=O)O)c1nc2ccccc2c(=O)[nH]1. The predicted molar refractivity (Wildman–Crippen MR) is 128 cm³/mol. The molecule has 0 fully saturated rings. The molecule has 0 radical (unpaired) electrons. The first-order valence-electron chi connectivity index (χ1n) is 10.8. The number of aliphatic hydroxyl groups excluding tert-OH is 1. The summed E-state index contributed by atoms with van der Waals surface area (Å²) >= 11 is 0. The van der Waals surface area contributed by atoms with E-state index in [0.717, 1.165) is 16.5 Å². The molecule has 4 rings (SSSR count). The highest BCUT2D eigenvalue weighted by atomic mass is 16.4. The van der Waals surface area contributed by atoms with E-state index in [1.165, 1.54) is 0 Å². The Morgan fingerprint density at radius 3 is 2.62 bits per heavy atom. The van der Waals surface area contributed by atoms with Crippen molar-refractivity contribution in [1.29, 1.82) is 5.26 Å². The molecule has 0 amide bonds. The molecule has 0 bridgehead atoms. The minimum atomic E-state index is -1.09. The van der Waals surface area contributed by atoms with Gasteiger partial charge in [-0.1, -0.05) is 30.3 Å². The van der Waals surface area contributed by atoms with Crippen LogP contribution in [0.1, 0.15) is 24.2 Å². The van der Waals surface area contributed by atoms with Crippen molar-refractivity contribution in [2.75, 3.05) is 6.61 Å². The van der Waals surface area contributed by atoms with Crippen LogP contribution in [0.15, 0.2) is 65.2 Å². The van der Waals surface area contributed by atoms with Gasteiger partial charge in [0.2, 0.25) is 0 Å². The first-order valence-corrected chi connectivity index (χ1v) is 10.8. The Morgan fingerprint density at radius 1 is 1.15 bits per heavy atom. The van der Waals surface area contributed by atoms with Crippen molar-refractivity contribution in [3.8, 4) is 6.07 Å². The number of aliphatic carboxylic acids is 1. The average Bonchev–Trinajstić information content (AvgIpc) is 3.25. The van der Waals surface area contributed by atoms with Gasteiger partial charge in [0.25, 0.3) is 5.56 Å². The molecule has 4 aromatic rings. The summed E-state index contributed by atoms with van der Waals surface area (Å²) in [6.07, 6.45) is 2.42. The summed E-state index contributed by atoms with van der Waals surface area (Å²) in [7, 11) is 0. The fourth-order valence-electron chi connectivity index (χ4n) is 3.92. The molecular weight excluding hydrogens is 434 g/mol. The average molecular weight is 457 g/mol. The van der Waals surface area contributed by atoms with E-state index in [-0.39, 0.29) is 30.8 Å². The Hall–Kier alpha value is -4.42. The molecule has 2 aromatic heterocycles. The summed E-state index contributed by atoms with van der Waals surface area (Å²) in [6, 6.07) is 15.3. The number of allylic oxidation sites excluding steroid dienone is 2. The van der Waals surface area contributed by atoms with E-state index in [9.17, 15) is 25.1 Å². The number of carboxylic acid groups (broad SMARTS) is 1. The molecule has 2 heterocycles. The highest BCUT2D eigenvalue weighted by Crippen LogP contribution is 2.22. The lowest BCUT2D eigenvalue weighted by molar-refractivity contribution is -0.139. The van der Waals surface area contributed by atoms with Crippen LogP contribution in [-0.4, -0.2) is 43.8 Å². The molecule has 0 aliphatic rings. The second-order valence-electron chi connectivity index (χ2n) is 7.82. The zero-order chi connectivity index (χ0) is 24.1. The molecule has 9 nitrogen and oxygen atoms in total. The summed E-state index contributed by atoms with van der Waals surface area (Å²) < 4.78 is 0. The summed E-state index contributed by atoms with van der Waals surface area (Å²) in [4.78, 5) is 34.9. The number of para-hydroxylation sites is 2. The second-order valence-corrected chi connectivity index (χ2v) is 7.82. The highest BCUT2D eigenvalue weighted by Gasteiger charge is 2.23. The van der Waals surface area contributed by atoms with Crippen LogP contribution in [0, 0.1) is 11.3 Å². The number of benzene rings is 2. The van der Waals surface area contributed by atoms with Crippen molar-refractivity contribution in [1.82, 2.24) is 20.3 Å². The van der Waals surface area contributed by atoms with Gasteiger partial charge >= 0.3 is 5.97 Å². The minimum absolute atomic E-state index is 0.0291. The van der Waals surface area contributed by atoms with Crippen molar-refractivity contribution in [2.24, 2.45) is 0 Å². The molecule has 1 unspecified atom stereocenters. The fourth-order valence-corrected chi connectivity index (χ4v) is 3.92. The van der Waals surface area contributed by atoms with E-state index in [1.807, 2.05) is 24.3 Å². The number of H-pyrrole nitrogens is 2. The number of nitrogens with one attached hydrogen (secondary N) is 3. The van der Waals surface area contributed by atoms with E-state index in [0.29, 0.717) is 23.0 Å². The van der Waals surface area contributed by atoms with Gasteiger partial charge in [-0.15, -0.1) is 0 Å². The lowest BCUT2D eigenvalue weighted by Crippen LogP contribution is -2.38. The van der Waals surface area contributed by atoms with Gasteiger partial charge in [0.15, 0.2) is 5.82 Å². The monoisotopic (exact) mass is 457 g/mol. The molecule has 5 N–H and O–H groups in total. The van der Waals surface area contributed by atoms with E-state index in [2.05, 4.69) is 26.3 Å². The van der Waals surface area contributed by atoms with Gasteiger partial charge in [0.1, 0.15) is 17.7 Å². The molecular formula is C25H23N5O4. The minimum Gasteiger partial charge on any atom is -0.480 e. The maximum absolute atomic E-state index is 12.5. The van der Waals surface area contributed by atoms with Gasteiger partial charge in [0.05, 0.1) is 10.9 Å². The van der Waals surface area contributed by atoms with Crippen LogP contribution < -0.4 is 10.9 Å². The van der Waals surface area contributed by atoms with Crippen LogP contribution in [0.3, 0.4) is 0 Å². The number of aromatic nitrogens is 3. The van der Waals surface area contributed by atoms with Gasteiger partial charge in [0, 0.05) is 35.8 Å². The molecule has 34 heavy (non-hydrogen) atoms. The standard InChI is InChI=1S/C25H23N5O4/c26-13-18(23-29-20-9-4-2-7-17(20)24(32)30-23)21(10-5-11-31)28-22(25(33)34)12-15-14-27-19-8-3-1-6-16(15)19/h1-4,6-9,14,22,27-28,31H,5,10-12H2,(H,33,34)(H,29,30,32)/b21-18-. The number of nitrogens with zero attached hydrogens (tertiary/aromatic N) is 2. The first kappa shape index (κ1) is 22.8. The van der Waals surface area contributed by atoms with Crippen molar-refractivity contribution < 1.29 is 15.0 Å². The molecule has 9 heteroatoms. The summed E-state index contributed by atoms with van der Waals surface area (Å²) in [6.45, 7) is -0.147. The first-order chi connectivity index (χ1) is 16.5. The Morgan fingerprint density at radius 2 is 1.88 bits per heavy atom. The summed E-state index contributed by atoms with van der Waals surface area (Å²) in [5.41, 5.74) is 2.05. The third-order valence-electron chi connectivity index (χ3n) is 5.59. The highest BCUT2D eigenvalue weighted by molar-refractivity contribution is 5.85. The number of hydrogen-bond acceptors (Lipinski definition) is 6.